The summed E-state index contributed by atoms with van der Waals surface area (Å²) in [4.78, 5) is -0.918. The number of hydrogen-bond donors (Lipinski definition) is 1. The summed E-state index contributed by atoms with van der Waals surface area (Å²) in [6.07, 6.45) is 2.30. The first-order valence-corrected chi connectivity index (χ1v) is 8.51. The third-order valence-corrected chi connectivity index (χ3v) is 5.38. The van der Waals surface area contributed by atoms with Crippen LogP contribution in [0.4, 0.5) is 8.78 Å². The van der Waals surface area contributed by atoms with E-state index in [0.717, 1.165) is 42.2 Å². The van der Waals surface area contributed by atoms with Crippen LogP contribution >= 0.6 is 0 Å². The molecule has 1 aliphatic carbocycles. The molecule has 116 valence electrons. The number of halogens is 2. The van der Waals surface area contributed by atoms with Crippen LogP contribution in [0.1, 0.15) is 30.0 Å². The molecule has 0 amide bonds. The summed E-state index contributed by atoms with van der Waals surface area (Å²) in [5.74, 6) is -2.17. The van der Waals surface area contributed by atoms with Crippen LogP contribution in [0.5, 0.6) is 0 Å². The molecule has 0 saturated carbocycles. The fraction of sp³-hybridized carbons (Fsp3) is 0.250. The van der Waals surface area contributed by atoms with E-state index in [4.69, 9.17) is 0 Å². The zero-order chi connectivity index (χ0) is 15.7. The fourth-order valence-corrected chi connectivity index (χ4v) is 4.25. The number of sulfonamides is 1. The van der Waals surface area contributed by atoms with E-state index in [1.807, 2.05) is 24.3 Å². The number of benzene rings is 2. The third-order valence-electron chi connectivity index (χ3n) is 3.85. The fourth-order valence-electron chi connectivity index (χ4n) is 2.86. The molecular weight excluding hydrogens is 308 g/mol. The van der Waals surface area contributed by atoms with E-state index in [1.54, 1.807) is 0 Å². The molecule has 2 aromatic rings. The molecule has 1 aliphatic rings. The number of hydrogen-bond acceptors (Lipinski definition) is 2. The number of nitrogens with one attached hydrogen (secondary N) is 1. The van der Waals surface area contributed by atoms with Gasteiger partial charge in [0.2, 0.25) is 10.0 Å². The second-order valence-electron chi connectivity index (χ2n) is 5.32. The van der Waals surface area contributed by atoms with Gasteiger partial charge in [-0.2, -0.15) is 0 Å². The topological polar surface area (TPSA) is 46.2 Å². The molecule has 0 fully saturated rings. The summed E-state index contributed by atoms with van der Waals surface area (Å²) < 4.78 is 54.6. The molecule has 2 aromatic carbocycles. The van der Waals surface area contributed by atoms with Crippen LogP contribution in [-0.4, -0.2) is 8.42 Å². The Hall–Kier alpha value is -1.79. The van der Waals surface area contributed by atoms with Gasteiger partial charge in [0.1, 0.15) is 11.6 Å². The third kappa shape index (κ3) is 2.76. The Morgan fingerprint density at radius 1 is 1.00 bits per heavy atom. The highest BCUT2D eigenvalue weighted by Crippen LogP contribution is 2.31. The normalized spacial score (nSPS) is 18.0. The standard InChI is InChI=1S/C16H15F2NO2S/c17-13-8-4-9-14(18)16(13)22(20,21)19-15-10-3-6-11-5-1-2-7-12(11)15/h1-2,4-5,7-9,15,19H,3,6,10H2/t15-/m0/s1. The molecule has 0 radical (unpaired) electrons. The number of rotatable bonds is 3. The zero-order valence-corrected chi connectivity index (χ0v) is 12.5. The van der Waals surface area contributed by atoms with Gasteiger partial charge < -0.3 is 0 Å². The maximum Gasteiger partial charge on any atom is 0.246 e. The predicted octanol–water partition coefficient (Wildman–Crippen LogP) is 3.32. The Morgan fingerprint density at radius 3 is 2.41 bits per heavy atom. The Bertz CT molecular complexity index is 785. The van der Waals surface area contributed by atoms with Crippen molar-refractivity contribution in [3.63, 3.8) is 0 Å². The van der Waals surface area contributed by atoms with E-state index in [1.165, 1.54) is 0 Å². The molecular formula is C16H15F2NO2S. The van der Waals surface area contributed by atoms with Crippen molar-refractivity contribution in [2.75, 3.05) is 0 Å². The maximum atomic E-state index is 13.7. The van der Waals surface area contributed by atoms with E-state index >= 15 is 0 Å². The van der Waals surface area contributed by atoms with Crippen LogP contribution in [0.2, 0.25) is 0 Å². The zero-order valence-electron chi connectivity index (χ0n) is 11.7. The molecule has 22 heavy (non-hydrogen) atoms. The number of fused-ring (bicyclic) bond motifs is 1. The summed E-state index contributed by atoms with van der Waals surface area (Å²) in [6.45, 7) is 0. The first kappa shape index (κ1) is 15.1. The highest BCUT2D eigenvalue weighted by molar-refractivity contribution is 7.89. The minimum atomic E-state index is -4.26. The SMILES string of the molecule is O=S(=O)(N[C@H]1CCCc2ccccc21)c1c(F)cccc1F. The second-order valence-corrected chi connectivity index (χ2v) is 6.97. The summed E-state index contributed by atoms with van der Waals surface area (Å²) in [5.41, 5.74) is 1.93. The van der Waals surface area contributed by atoms with Gasteiger partial charge in [-0.3, -0.25) is 0 Å². The molecule has 1 atom stereocenters. The lowest BCUT2D eigenvalue weighted by Crippen LogP contribution is -2.32. The molecule has 3 rings (SSSR count). The Morgan fingerprint density at radius 2 is 1.68 bits per heavy atom. The molecule has 0 spiro atoms. The van der Waals surface area contributed by atoms with Crippen molar-refractivity contribution in [2.24, 2.45) is 0 Å². The van der Waals surface area contributed by atoms with Crippen molar-refractivity contribution in [2.45, 2.75) is 30.2 Å². The van der Waals surface area contributed by atoms with Crippen LogP contribution in [0.15, 0.2) is 47.4 Å². The lowest BCUT2D eigenvalue weighted by atomic mass is 9.88. The molecule has 6 heteroatoms. The summed E-state index contributed by atoms with van der Waals surface area (Å²) >= 11 is 0. The lowest BCUT2D eigenvalue weighted by Gasteiger charge is -2.26. The van der Waals surface area contributed by atoms with Gasteiger partial charge in [0.15, 0.2) is 4.90 Å². The minimum Gasteiger partial charge on any atom is -0.207 e. The molecule has 0 bridgehead atoms. The molecule has 0 aromatic heterocycles. The van der Waals surface area contributed by atoms with Crippen molar-refractivity contribution >= 4 is 10.0 Å². The van der Waals surface area contributed by atoms with Crippen molar-refractivity contribution in [3.05, 3.63) is 65.2 Å². The molecule has 0 heterocycles. The average Bonchev–Trinajstić information content (AvgIpc) is 2.47. The van der Waals surface area contributed by atoms with Gasteiger partial charge in [-0.15, -0.1) is 0 Å². The predicted molar refractivity (Wildman–Crippen MR) is 78.8 cm³/mol. The monoisotopic (exact) mass is 323 g/mol. The van der Waals surface area contributed by atoms with Gasteiger partial charge in [0, 0.05) is 6.04 Å². The van der Waals surface area contributed by atoms with E-state index in [9.17, 15) is 17.2 Å². The summed E-state index contributed by atoms with van der Waals surface area (Å²) in [7, 11) is -4.26. The van der Waals surface area contributed by atoms with Crippen molar-refractivity contribution in [1.29, 1.82) is 0 Å². The highest BCUT2D eigenvalue weighted by atomic mass is 32.2. The smallest absolute Gasteiger partial charge is 0.207 e. The highest BCUT2D eigenvalue weighted by Gasteiger charge is 2.29. The molecule has 0 aliphatic heterocycles. The van der Waals surface area contributed by atoms with Crippen LogP contribution in [-0.2, 0) is 16.4 Å². The van der Waals surface area contributed by atoms with Crippen LogP contribution in [0, 0.1) is 11.6 Å². The van der Waals surface area contributed by atoms with Gasteiger partial charge in [0.25, 0.3) is 0 Å². The summed E-state index contributed by atoms with van der Waals surface area (Å²) in [5, 5.41) is 0. The van der Waals surface area contributed by atoms with Crippen LogP contribution < -0.4 is 4.72 Å². The quantitative estimate of drug-likeness (QED) is 0.942. The van der Waals surface area contributed by atoms with Gasteiger partial charge >= 0.3 is 0 Å². The summed E-state index contributed by atoms with van der Waals surface area (Å²) in [6, 6.07) is 10.1. The van der Waals surface area contributed by atoms with Gasteiger partial charge in [0.05, 0.1) is 0 Å². The number of aryl methyl sites for hydroxylation is 1. The van der Waals surface area contributed by atoms with Crippen molar-refractivity contribution in [3.8, 4) is 0 Å². The molecule has 3 nitrogen and oxygen atoms in total. The average molecular weight is 323 g/mol. The molecule has 0 unspecified atom stereocenters. The van der Waals surface area contributed by atoms with Gasteiger partial charge in [-0.1, -0.05) is 30.3 Å². The molecule has 0 saturated heterocycles. The first-order chi connectivity index (χ1) is 10.5. The Kier molecular flexibility index (Phi) is 3.97. The van der Waals surface area contributed by atoms with Gasteiger partial charge in [-0.25, -0.2) is 21.9 Å². The van der Waals surface area contributed by atoms with Crippen LogP contribution in [0.25, 0.3) is 0 Å². The van der Waals surface area contributed by atoms with Crippen LogP contribution in [0.3, 0.4) is 0 Å². The lowest BCUT2D eigenvalue weighted by molar-refractivity contribution is 0.487. The minimum absolute atomic E-state index is 0.464. The Balaban J connectivity index is 1.97. The van der Waals surface area contributed by atoms with E-state index < -0.39 is 32.6 Å². The van der Waals surface area contributed by atoms with Crippen molar-refractivity contribution in [1.82, 2.24) is 4.72 Å². The van der Waals surface area contributed by atoms with Crippen molar-refractivity contribution < 1.29 is 17.2 Å². The van der Waals surface area contributed by atoms with E-state index in [0.29, 0.717) is 6.42 Å². The Labute approximate surface area is 128 Å². The maximum absolute atomic E-state index is 13.7. The largest absolute Gasteiger partial charge is 0.246 e. The first-order valence-electron chi connectivity index (χ1n) is 7.03. The second kappa shape index (κ2) is 5.78. The molecule has 1 N–H and O–H groups in total. The van der Waals surface area contributed by atoms with Gasteiger partial charge in [-0.05, 0) is 42.5 Å². The van der Waals surface area contributed by atoms with E-state index in [-0.39, 0.29) is 0 Å². The van der Waals surface area contributed by atoms with E-state index in [2.05, 4.69) is 4.72 Å².